The number of rotatable bonds is 5. The van der Waals surface area contributed by atoms with Crippen LogP contribution in [-0.4, -0.2) is 6.61 Å². The minimum atomic E-state index is 0.663. The van der Waals surface area contributed by atoms with Crippen LogP contribution in [0.1, 0.15) is 12.5 Å². The molecule has 0 saturated heterocycles. The lowest BCUT2D eigenvalue weighted by Crippen LogP contribution is -2.02. The van der Waals surface area contributed by atoms with Crippen LogP contribution in [0.3, 0.4) is 0 Å². The number of ether oxygens (including phenoxy) is 1. The van der Waals surface area contributed by atoms with E-state index < -0.39 is 0 Å². The monoisotopic (exact) mass is 261 g/mol. The molecule has 0 fully saturated rings. The third kappa shape index (κ3) is 3.41. The third-order valence-corrected chi connectivity index (χ3v) is 2.79. The zero-order valence-corrected chi connectivity index (χ0v) is 11.1. The van der Waals surface area contributed by atoms with Crippen molar-refractivity contribution in [2.75, 3.05) is 11.9 Å². The standard InChI is InChI=1S/C15H16ClNO/c1-2-18-15-9-4-3-8-14(15)17-11-12-6-5-7-13(16)10-12/h3-10,17H,2,11H2,1H3. The number of nitrogens with one attached hydrogen (secondary N) is 1. The van der Waals surface area contributed by atoms with Gasteiger partial charge in [-0.05, 0) is 36.8 Å². The molecule has 0 heterocycles. The first kappa shape index (κ1) is 12.8. The number of anilines is 1. The van der Waals surface area contributed by atoms with Crippen LogP contribution >= 0.6 is 11.6 Å². The molecular weight excluding hydrogens is 246 g/mol. The van der Waals surface area contributed by atoms with Crippen LogP contribution in [0.4, 0.5) is 5.69 Å². The van der Waals surface area contributed by atoms with Gasteiger partial charge in [0, 0.05) is 11.6 Å². The van der Waals surface area contributed by atoms with Gasteiger partial charge in [0.15, 0.2) is 0 Å². The lowest BCUT2D eigenvalue weighted by molar-refractivity contribution is 0.341. The van der Waals surface area contributed by atoms with Crippen molar-refractivity contribution in [2.24, 2.45) is 0 Å². The van der Waals surface area contributed by atoms with E-state index in [9.17, 15) is 0 Å². The average Bonchev–Trinajstić information content (AvgIpc) is 2.38. The van der Waals surface area contributed by atoms with E-state index in [0.717, 1.165) is 28.6 Å². The van der Waals surface area contributed by atoms with Crippen LogP contribution < -0.4 is 10.1 Å². The van der Waals surface area contributed by atoms with E-state index in [1.165, 1.54) is 0 Å². The quantitative estimate of drug-likeness (QED) is 0.864. The van der Waals surface area contributed by atoms with Crippen molar-refractivity contribution >= 4 is 17.3 Å². The predicted octanol–water partition coefficient (Wildman–Crippen LogP) is 4.35. The van der Waals surface area contributed by atoms with Crippen LogP contribution in [0, 0.1) is 0 Å². The number of para-hydroxylation sites is 2. The Labute approximate surface area is 113 Å². The van der Waals surface area contributed by atoms with Crippen LogP contribution in [0.25, 0.3) is 0 Å². The zero-order chi connectivity index (χ0) is 12.8. The van der Waals surface area contributed by atoms with E-state index in [1.54, 1.807) is 0 Å². The van der Waals surface area contributed by atoms with Gasteiger partial charge in [-0.25, -0.2) is 0 Å². The van der Waals surface area contributed by atoms with Gasteiger partial charge in [0.1, 0.15) is 5.75 Å². The van der Waals surface area contributed by atoms with E-state index in [-0.39, 0.29) is 0 Å². The first-order valence-corrected chi connectivity index (χ1v) is 6.37. The molecule has 94 valence electrons. The van der Waals surface area contributed by atoms with Crippen LogP contribution in [0.15, 0.2) is 48.5 Å². The first-order chi connectivity index (χ1) is 8.79. The average molecular weight is 262 g/mol. The summed E-state index contributed by atoms with van der Waals surface area (Å²) < 4.78 is 5.56. The maximum Gasteiger partial charge on any atom is 0.142 e. The molecular formula is C15H16ClNO. The predicted molar refractivity (Wildman–Crippen MR) is 76.4 cm³/mol. The zero-order valence-electron chi connectivity index (χ0n) is 10.3. The molecule has 0 amide bonds. The first-order valence-electron chi connectivity index (χ1n) is 5.99. The number of hydrogen-bond donors (Lipinski definition) is 1. The van der Waals surface area contributed by atoms with E-state index in [2.05, 4.69) is 5.32 Å². The topological polar surface area (TPSA) is 21.3 Å². The molecule has 0 aliphatic carbocycles. The van der Waals surface area contributed by atoms with Crippen LogP contribution in [-0.2, 0) is 6.54 Å². The van der Waals surface area contributed by atoms with Crippen molar-refractivity contribution in [3.63, 3.8) is 0 Å². The van der Waals surface area contributed by atoms with Gasteiger partial charge in [0.25, 0.3) is 0 Å². The maximum atomic E-state index is 5.96. The molecule has 0 saturated carbocycles. The fourth-order valence-corrected chi connectivity index (χ4v) is 1.95. The minimum absolute atomic E-state index is 0.663. The van der Waals surface area contributed by atoms with Gasteiger partial charge in [0.2, 0.25) is 0 Å². The van der Waals surface area contributed by atoms with Crippen molar-refractivity contribution in [2.45, 2.75) is 13.5 Å². The molecule has 0 bridgehead atoms. The van der Waals surface area contributed by atoms with Gasteiger partial charge in [-0.2, -0.15) is 0 Å². The van der Waals surface area contributed by atoms with E-state index >= 15 is 0 Å². The molecule has 2 aromatic rings. The van der Waals surface area contributed by atoms with Gasteiger partial charge in [-0.3, -0.25) is 0 Å². The summed E-state index contributed by atoms with van der Waals surface area (Å²) in [7, 11) is 0. The fourth-order valence-electron chi connectivity index (χ4n) is 1.74. The molecule has 0 unspecified atom stereocenters. The summed E-state index contributed by atoms with van der Waals surface area (Å²) in [5.74, 6) is 0.877. The highest BCUT2D eigenvalue weighted by molar-refractivity contribution is 6.30. The Kier molecular flexibility index (Phi) is 4.48. The second-order valence-electron chi connectivity index (χ2n) is 3.91. The van der Waals surface area contributed by atoms with E-state index in [0.29, 0.717) is 6.61 Å². The van der Waals surface area contributed by atoms with Gasteiger partial charge in [-0.15, -0.1) is 0 Å². The third-order valence-electron chi connectivity index (χ3n) is 2.56. The van der Waals surface area contributed by atoms with Crippen molar-refractivity contribution in [1.29, 1.82) is 0 Å². The minimum Gasteiger partial charge on any atom is -0.492 e. The smallest absolute Gasteiger partial charge is 0.142 e. The second kappa shape index (κ2) is 6.31. The number of benzene rings is 2. The molecule has 0 spiro atoms. The highest BCUT2D eigenvalue weighted by Crippen LogP contribution is 2.24. The summed E-state index contributed by atoms with van der Waals surface area (Å²) >= 11 is 5.96. The highest BCUT2D eigenvalue weighted by Gasteiger charge is 2.01. The normalized spacial score (nSPS) is 10.1. The molecule has 3 heteroatoms. The maximum absolute atomic E-state index is 5.96. The Morgan fingerprint density at radius 2 is 1.94 bits per heavy atom. The van der Waals surface area contributed by atoms with Crippen LogP contribution in [0.5, 0.6) is 5.75 Å². The van der Waals surface area contributed by atoms with Crippen molar-refractivity contribution in [1.82, 2.24) is 0 Å². The Balaban J connectivity index is 2.06. The van der Waals surface area contributed by atoms with Gasteiger partial charge < -0.3 is 10.1 Å². The molecule has 0 aliphatic heterocycles. The van der Waals surface area contributed by atoms with E-state index in [4.69, 9.17) is 16.3 Å². The summed E-state index contributed by atoms with van der Waals surface area (Å²) in [6.07, 6.45) is 0. The Bertz CT molecular complexity index is 513. The molecule has 0 radical (unpaired) electrons. The van der Waals surface area contributed by atoms with Crippen molar-refractivity contribution < 1.29 is 4.74 Å². The number of hydrogen-bond acceptors (Lipinski definition) is 2. The Morgan fingerprint density at radius 1 is 1.11 bits per heavy atom. The van der Waals surface area contributed by atoms with Crippen LogP contribution in [0.2, 0.25) is 5.02 Å². The largest absolute Gasteiger partial charge is 0.492 e. The van der Waals surface area contributed by atoms with Gasteiger partial charge in [-0.1, -0.05) is 35.9 Å². The molecule has 2 rings (SSSR count). The van der Waals surface area contributed by atoms with Crippen molar-refractivity contribution in [3.8, 4) is 5.75 Å². The molecule has 1 N–H and O–H groups in total. The Hall–Kier alpha value is -1.67. The molecule has 18 heavy (non-hydrogen) atoms. The van der Waals surface area contributed by atoms with E-state index in [1.807, 2.05) is 55.5 Å². The highest BCUT2D eigenvalue weighted by atomic mass is 35.5. The number of halogens is 1. The summed E-state index contributed by atoms with van der Waals surface area (Å²) in [4.78, 5) is 0. The Morgan fingerprint density at radius 3 is 2.72 bits per heavy atom. The second-order valence-corrected chi connectivity index (χ2v) is 4.35. The fraction of sp³-hybridized carbons (Fsp3) is 0.200. The SMILES string of the molecule is CCOc1ccccc1NCc1cccc(Cl)c1. The molecule has 2 nitrogen and oxygen atoms in total. The lowest BCUT2D eigenvalue weighted by Gasteiger charge is -2.12. The van der Waals surface area contributed by atoms with Gasteiger partial charge in [0.05, 0.1) is 12.3 Å². The molecule has 2 aromatic carbocycles. The summed E-state index contributed by atoms with van der Waals surface area (Å²) in [6, 6.07) is 15.8. The summed E-state index contributed by atoms with van der Waals surface area (Å²) in [5, 5.41) is 4.11. The summed E-state index contributed by atoms with van der Waals surface area (Å²) in [5.41, 5.74) is 2.15. The van der Waals surface area contributed by atoms with Gasteiger partial charge >= 0.3 is 0 Å². The molecule has 0 atom stereocenters. The summed E-state index contributed by atoms with van der Waals surface area (Å²) in [6.45, 7) is 3.37. The molecule has 0 aliphatic rings. The van der Waals surface area contributed by atoms with Crippen molar-refractivity contribution in [3.05, 3.63) is 59.1 Å². The molecule has 0 aromatic heterocycles. The lowest BCUT2D eigenvalue weighted by atomic mass is 10.2.